The normalized spacial score (nSPS) is 18.7. The van der Waals surface area contributed by atoms with Gasteiger partial charge in [-0.2, -0.15) is 0 Å². The third-order valence-corrected chi connectivity index (χ3v) is 3.98. The van der Waals surface area contributed by atoms with E-state index in [0.29, 0.717) is 5.92 Å². The van der Waals surface area contributed by atoms with Crippen molar-refractivity contribution in [3.63, 3.8) is 0 Å². The van der Waals surface area contributed by atoms with Crippen LogP contribution in [0, 0.1) is 19.8 Å². The van der Waals surface area contributed by atoms with Gasteiger partial charge >= 0.3 is 6.09 Å². The van der Waals surface area contributed by atoms with Crippen molar-refractivity contribution in [2.24, 2.45) is 5.92 Å². The van der Waals surface area contributed by atoms with E-state index in [1.165, 1.54) is 0 Å². The van der Waals surface area contributed by atoms with E-state index in [4.69, 9.17) is 4.74 Å². The topological polar surface area (TPSA) is 54.5 Å². The van der Waals surface area contributed by atoms with E-state index in [9.17, 15) is 4.79 Å². The van der Waals surface area contributed by atoms with Crippen molar-refractivity contribution < 1.29 is 9.53 Å². The van der Waals surface area contributed by atoms with E-state index in [1.807, 2.05) is 45.6 Å². The number of likely N-dealkylation sites (tertiary alicyclic amines) is 1. The molecule has 0 radical (unpaired) electrons. The van der Waals surface area contributed by atoms with Gasteiger partial charge in [-0.3, -0.25) is 4.98 Å². The lowest BCUT2D eigenvalue weighted by atomic mass is 9.98. The fraction of sp³-hybridized carbons (Fsp3) is 0.667. The van der Waals surface area contributed by atoms with Crippen molar-refractivity contribution in [3.8, 4) is 0 Å². The van der Waals surface area contributed by atoms with E-state index in [0.717, 1.165) is 49.6 Å². The van der Waals surface area contributed by atoms with Gasteiger partial charge in [0.15, 0.2) is 0 Å². The molecule has 23 heavy (non-hydrogen) atoms. The highest BCUT2D eigenvalue weighted by molar-refractivity contribution is 5.68. The SMILES string of the molecule is Cc1ccc(NCC2CCCN(C(=O)OC(C)(C)C)C2)c(C)n1. The van der Waals surface area contributed by atoms with E-state index in [1.54, 1.807) is 0 Å². The number of carbonyl (C=O) groups is 1. The summed E-state index contributed by atoms with van der Waals surface area (Å²) in [6.45, 7) is 12.1. The number of ether oxygens (including phenoxy) is 1. The molecule has 1 fully saturated rings. The Hall–Kier alpha value is -1.78. The average molecular weight is 319 g/mol. The fourth-order valence-corrected chi connectivity index (χ4v) is 2.85. The van der Waals surface area contributed by atoms with Crippen LogP contribution in [0.2, 0.25) is 0 Å². The van der Waals surface area contributed by atoms with Crippen LogP contribution in [0.25, 0.3) is 0 Å². The molecule has 0 aromatic carbocycles. The number of anilines is 1. The van der Waals surface area contributed by atoms with Gasteiger partial charge in [0.05, 0.1) is 11.4 Å². The van der Waals surface area contributed by atoms with Crippen molar-refractivity contribution in [1.29, 1.82) is 0 Å². The second-order valence-electron chi connectivity index (χ2n) is 7.40. The maximum absolute atomic E-state index is 12.2. The molecule has 5 heteroatoms. The van der Waals surface area contributed by atoms with Crippen molar-refractivity contribution in [1.82, 2.24) is 9.88 Å². The molecule has 1 amide bonds. The lowest BCUT2D eigenvalue weighted by molar-refractivity contribution is 0.0172. The second-order valence-corrected chi connectivity index (χ2v) is 7.40. The number of piperidine rings is 1. The van der Waals surface area contributed by atoms with Gasteiger partial charge in [-0.25, -0.2) is 4.79 Å². The van der Waals surface area contributed by atoms with Gasteiger partial charge in [-0.05, 0) is 65.5 Å². The predicted molar refractivity (Wildman–Crippen MR) is 92.7 cm³/mol. The Balaban J connectivity index is 1.87. The Bertz CT molecular complexity index is 552. The summed E-state index contributed by atoms with van der Waals surface area (Å²) in [5.41, 5.74) is 2.68. The van der Waals surface area contributed by atoms with Crippen LogP contribution in [0.15, 0.2) is 12.1 Å². The van der Waals surface area contributed by atoms with Gasteiger partial charge in [0.2, 0.25) is 0 Å². The smallest absolute Gasteiger partial charge is 0.410 e. The third-order valence-electron chi connectivity index (χ3n) is 3.98. The zero-order valence-corrected chi connectivity index (χ0v) is 15.0. The van der Waals surface area contributed by atoms with E-state index in [2.05, 4.69) is 16.4 Å². The molecule has 128 valence electrons. The number of amides is 1. The first-order valence-electron chi connectivity index (χ1n) is 8.40. The molecular weight excluding hydrogens is 290 g/mol. The molecule has 5 nitrogen and oxygen atoms in total. The van der Waals surface area contributed by atoms with Gasteiger partial charge in [0, 0.05) is 25.3 Å². The van der Waals surface area contributed by atoms with Gasteiger partial charge in [-0.1, -0.05) is 0 Å². The first kappa shape index (κ1) is 17.6. The Morgan fingerprint density at radius 3 is 2.78 bits per heavy atom. The number of carbonyl (C=O) groups excluding carboxylic acids is 1. The summed E-state index contributed by atoms with van der Waals surface area (Å²) in [6, 6.07) is 4.09. The summed E-state index contributed by atoms with van der Waals surface area (Å²) < 4.78 is 5.48. The molecule has 1 aromatic rings. The molecule has 1 aromatic heterocycles. The van der Waals surface area contributed by atoms with Crippen LogP contribution in [-0.4, -0.2) is 41.2 Å². The Morgan fingerprint density at radius 1 is 1.39 bits per heavy atom. The Kier molecular flexibility index (Phi) is 5.50. The van der Waals surface area contributed by atoms with Gasteiger partial charge in [0.1, 0.15) is 5.60 Å². The summed E-state index contributed by atoms with van der Waals surface area (Å²) in [6.07, 6.45) is 1.96. The summed E-state index contributed by atoms with van der Waals surface area (Å²) in [5, 5.41) is 3.48. The molecule has 1 aliphatic rings. The molecule has 0 aliphatic carbocycles. The summed E-state index contributed by atoms with van der Waals surface area (Å²) in [4.78, 5) is 18.5. The van der Waals surface area contributed by atoms with Gasteiger partial charge in [0.25, 0.3) is 0 Å². The average Bonchev–Trinajstić information content (AvgIpc) is 2.45. The van der Waals surface area contributed by atoms with Crippen LogP contribution in [0.4, 0.5) is 10.5 Å². The van der Waals surface area contributed by atoms with Crippen molar-refractivity contribution in [2.45, 2.75) is 53.1 Å². The highest BCUT2D eigenvalue weighted by Crippen LogP contribution is 2.21. The molecule has 2 rings (SSSR count). The van der Waals surface area contributed by atoms with Crippen LogP contribution >= 0.6 is 0 Å². The number of hydrogen-bond donors (Lipinski definition) is 1. The number of hydrogen-bond acceptors (Lipinski definition) is 4. The Labute approximate surface area is 139 Å². The van der Waals surface area contributed by atoms with Crippen LogP contribution in [-0.2, 0) is 4.74 Å². The zero-order chi connectivity index (χ0) is 17.0. The van der Waals surface area contributed by atoms with Crippen molar-refractivity contribution >= 4 is 11.8 Å². The van der Waals surface area contributed by atoms with E-state index < -0.39 is 5.60 Å². The second kappa shape index (κ2) is 7.20. The van der Waals surface area contributed by atoms with Crippen LogP contribution < -0.4 is 5.32 Å². The molecule has 0 saturated carbocycles. The maximum Gasteiger partial charge on any atom is 0.410 e. The first-order valence-corrected chi connectivity index (χ1v) is 8.40. The van der Waals surface area contributed by atoms with Crippen molar-refractivity contribution in [2.75, 3.05) is 25.0 Å². The fourth-order valence-electron chi connectivity index (χ4n) is 2.85. The van der Waals surface area contributed by atoms with Gasteiger partial charge in [-0.15, -0.1) is 0 Å². The summed E-state index contributed by atoms with van der Waals surface area (Å²) in [7, 11) is 0. The zero-order valence-electron chi connectivity index (χ0n) is 15.0. The number of nitrogens with one attached hydrogen (secondary N) is 1. The lowest BCUT2D eigenvalue weighted by Crippen LogP contribution is -2.44. The molecule has 0 spiro atoms. The van der Waals surface area contributed by atoms with E-state index in [-0.39, 0.29) is 6.09 Å². The number of rotatable bonds is 3. The minimum Gasteiger partial charge on any atom is -0.444 e. The maximum atomic E-state index is 12.2. The third kappa shape index (κ3) is 5.41. The summed E-state index contributed by atoms with van der Waals surface area (Å²) >= 11 is 0. The number of pyridine rings is 1. The molecule has 1 unspecified atom stereocenters. The molecule has 0 bridgehead atoms. The first-order chi connectivity index (χ1) is 10.7. The highest BCUT2D eigenvalue weighted by Gasteiger charge is 2.27. The number of nitrogens with zero attached hydrogens (tertiary/aromatic N) is 2. The molecule has 1 aliphatic heterocycles. The molecule has 1 N–H and O–H groups in total. The quantitative estimate of drug-likeness (QED) is 0.921. The Morgan fingerprint density at radius 2 is 2.13 bits per heavy atom. The summed E-state index contributed by atoms with van der Waals surface area (Å²) in [5.74, 6) is 0.442. The standard InChI is InChI=1S/C18H29N3O2/c1-13-8-9-16(14(2)20-13)19-11-15-7-6-10-21(12-15)17(22)23-18(3,4)5/h8-9,15,19H,6-7,10-12H2,1-5H3. The molecule has 2 heterocycles. The molecule has 1 saturated heterocycles. The van der Waals surface area contributed by atoms with Crippen molar-refractivity contribution in [3.05, 3.63) is 23.5 Å². The minimum absolute atomic E-state index is 0.199. The predicted octanol–water partition coefficient (Wildman–Crippen LogP) is 3.76. The lowest BCUT2D eigenvalue weighted by Gasteiger charge is -2.34. The molecule has 1 atom stereocenters. The monoisotopic (exact) mass is 319 g/mol. The largest absolute Gasteiger partial charge is 0.444 e. The van der Waals surface area contributed by atoms with E-state index >= 15 is 0 Å². The van der Waals surface area contributed by atoms with Crippen LogP contribution in [0.5, 0.6) is 0 Å². The number of aryl methyl sites for hydroxylation is 2. The minimum atomic E-state index is -0.438. The highest BCUT2D eigenvalue weighted by atomic mass is 16.6. The van der Waals surface area contributed by atoms with Crippen LogP contribution in [0.1, 0.15) is 45.0 Å². The van der Waals surface area contributed by atoms with Crippen LogP contribution in [0.3, 0.4) is 0 Å². The molecular formula is C18H29N3O2. The number of aromatic nitrogens is 1. The van der Waals surface area contributed by atoms with Gasteiger partial charge < -0.3 is 15.0 Å².